The Morgan fingerprint density at radius 3 is 2.71 bits per heavy atom. The van der Waals surface area contributed by atoms with Crippen LogP contribution in [0.4, 0.5) is 5.69 Å². The number of nitrogens with one attached hydrogen (secondary N) is 3. The topological polar surface area (TPSA) is 87.1 Å². The Balaban J connectivity index is 1.90. The number of aryl methyl sites for hydroxylation is 1. The van der Waals surface area contributed by atoms with Crippen LogP contribution in [0.5, 0.6) is 0 Å². The monoisotopic (exact) mass is 399 g/mol. The van der Waals surface area contributed by atoms with Crippen LogP contribution in [0, 0.1) is 13.8 Å². The van der Waals surface area contributed by atoms with E-state index < -0.39 is 0 Å². The highest BCUT2D eigenvalue weighted by Crippen LogP contribution is 2.25. The summed E-state index contributed by atoms with van der Waals surface area (Å²) in [6.45, 7) is 6.41. The first-order valence-electron chi connectivity index (χ1n) is 8.99. The number of amides is 1. The number of carbonyl (C=O) groups excluding carboxylic acids is 1. The summed E-state index contributed by atoms with van der Waals surface area (Å²) >= 11 is 6.17. The zero-order chi connectivity index (χ0) is 20.3. The van der Waals surface area contributed by atoms with Crippen LogP contribution in [0.1, 0.15) is 34.1 Å². The Morgan fingerprint density at radius 1 is 1.25 bits per heavy atom. The van der Waals surface area contributed by atoms with E-state index >= 15 is 0 Å². The first-order chi connectivity index (χ1) is 13.4. The van der Waals surface area contributed by atoms with Gasteiger partial charge in [0.05, 0.1) is 12.0 Å². The molecule has 3 N–H and O–H groups in total. The van der Waals surface area contributed by atoms with Gasteiger partial charge in [0.25, 0.3) is 5.91 Å². The highest BCUT2D eigenvalue weighted by molar-refractivity contribution is 6.31. The van der Waals surface area contributed by atoms with E-state index in [1.165, 1.54) is 12.3 Å². The van der Waals surface area contributed by atoms with Gasteiger partial charge in [0.15, 0.2) is 11.2 Å². The zero-order valence-electron chi connectivity index (χ0n) is 16.0. The number of rotatable bonds is 6. The van der Waals surface area contributed by atoms with Crippen LogP contribution in [0.2, 0.25) is 5.02 Å². The third kappa shape index (κ3) is 4.12. The molecule has 2 aromatic heterocycles. The molecule has 7 heteroatoms. The number of benzene rings is 1. The van der Waals surface area contributed by atoms with E-state index in [1.54, 1.807) is 31.2 Å². The lowest BCUT2D eigenvalue weighted by Crippen LogP contribution is -2.27. The van der Waals surface area contributed by atoms with Crippen LogP contribution in [0.25, 0.3) is 11.5 Å². The summed E-state index contributed by atoms with van der Waals surface area (Å²) in [5.74, 6) is 0.239. The number of halogens is 1. The van der Waals surface area contributed by atoms with E-state index in [0.29, 0.717) is 39.8 Å². The lowest BCUT2D eigenvalue weighted by molar-refractivity contribution is 0.0950. The highest BCUT2D eigenvalue weighted by Gasteiger charge is 2.17. The molecular weight excluding hydrogens is 378 g/mol. The van der Waals surface area contributed by atoms with Crippen LogP contribution >= 0.6 is 11.6 Å². The fourth-order valence-corrected chi connectivity index (χ4v) is 3.29. The number of anilines is 1. The number of aromatic nitrogens is 1. The summed E-state index contributed by atoms with van der Waals surface area (Å²) in [7, 11) is 0. The van der Waals surface area contributed by atoms with Crippen LogP contribution < -0.4 is 16.1 Å². The van der Waals surface area contributed by atoms with Gasteiger partial charge in [-0.3, -0.25) is 9.59 Å². The highest BCUT2D eigenvalue weighted by atomic mass is 35.5. The summed E-state index contributed by atoms with van der Waals surface area (Å²) in [5.41, 5.74) is 3.61. The van der Waals surface area contributed by atoms with Crippen LogP contribution in [0.15, 0.2) is 45.8 Å². The molecule has 146 valence electrons. The molecule has 0 unspecified atom stereocenters. The molecular formula is C21H22ClN3O3. The molecule has 6 nitrogen and oxygen atoms in total. The molecule has 0 bridgehead atoms. The first-order valence-corrected chi connectivity index (χ1v) is 9.37. The van der Waals surface area contributed by atoms with Gasteiger partial charge in [-0.25, -0.2) is 0 Å². The molecule has 1 aromatic carbocycles. The van der Waals surface area contributed by atoms with E-state index in [2.05, 4.69) is 15.6 Å². The number of hydrogen-bond acceptors (Lipinski definition) is 4. The van der Waals surface area contributed by atoms with Gasteiger partial charge in [0.2, 0.25) is 0 Å². The predicted octanol–water partition coefficient (Wildman–Crippen LogP) is 4.27. The molecule has 0 atom stereocenters. The molecule has 0 fully saturated rings. The van der Waals surface area contributed by atoms with Crippen LogP contribution in [0.3, 0.4) is 0 Å². The second-order valence-corrected chi connectivity index (χ2v) is 6.92. The lowest BCUT2D eigenvalue weighted by Gasteiger charge is -2.14. The molecule has 3 rings (SSSR count). The second-order valence-electron chi connectivity index (χ2n) is 6.49. The number of aromatic amines is 1. The Kier molecular flexibility index (Phi) is 5.90. The molecule has 0 aliphatic heterocycles. The van der Waals surface area contributed by atoms with E-state index in [4.69, 9.17) is 16.0 Å². The largest absolute Gasteiger partial charge is 0.463 e. The van der Waals surface area contributed by atoms with Gasteiger partial charge >= 0.3 is 0 Å². The molecule has 28 heavy (non-hydrogen) atoms. The van der Waals surface area contributed by atoms with Crippen molar-refractivity contribution in [1.82, 2.24) is 10.3 Å². The molecule has 0 aliphatic rings. The quantitative estimate of drug-likeness (QED) is 0.577. The van der Waals surface area contributed by atoms with E-state index in [9.17, 15) is 9.59 Å². The van der Waals surface area contributed by atoms with Gasteiger partial charge in [-0.05, 0) is 50.6 Å². The summed E-state index contributed by atoms with van der Waals surface area (Å²) < 4.78 is 5.43. The smallest absolute Gasteiger partial charge is 0.251 e. The minimum absolute atomic E-state index is 0.0625. The molecule has 3 aromatic rings. The maximum absolute atomic E-state index is 12.8. The van der Waals surface area contributed by atoms with Crippen molar-refractivity contribution in [2.24, 2.45) is 0 Å². The maximum Gasteiger partial charge on any atom is 0.251 e. The Bertz CT molecular complexity index is 1060. The molecule has 1 amide bonds. The average Bonchev–Trinajstić information content (AvgIpc) is 3.17. The van der Waals surface area contributed by atoms with Crippen molar-refractivity contribution < 1.29 is 9.21 Å². The fourth-order valence-electron chi connectivity index (χ4n) is 3.08. The normalized spacial score (nSPS) is 10.7. The molecule has 0 radical (unpaired) electrons. The van der Waals surface area contributed by atoms with Crippen molar-refractivity contribution in [1.29, 1.82) is 0 Å². The summed E-state index contributed by atoms with van der Waals surface area (Å²) in [6, 6.07) is 8.42. The predicted molar refractivity (Wildman–Crippen MR) is 111 cm³/mol. The summed E-state index contributed by atoms with van der Waals surface area (Å²) in [5, 5.41) is 6.49. The Labute approximate surface area is 167 Å². The van der Waals surface area contributed by atoms with E-state index in [1.807, 2.05) is 13.8 Å². The third-order valence-corrected chi connectivity index (χ3v) is 4.66. The fraction of sp³-hybridized carbons (Fsp3) is 0.238. The van der Waals surface area contributed by atoms with Crippen molar-refractivity contribution in [2.45, 2.75) is 27.3 Å². The minimum atomic E-state index is -0.301. The second kappa shape index (κ2) is 8.35. The van der Waals surface area contributed by atoms with Crippen LogP contribution in [-0.4, -0.2) is 17.4 Å². The molecule has 0 spiro atoms. The van der Waals surface area contributed by atoms with Crippen molar-refractivity contribution in [3.05, 3.63) is 74.2 Å². The zero-order valence-corrected chi connectivity index (χ0v) is 16.7. The lowest BCUT2D eigenvalue weighted by atomic mass is 10.1. The summed E-state index contributed by atoms with van der Waals surface area (Å²) in [6.07, 6.45) is 1.54. The van der Waals surface area contributed by atoms with Gasteiger partial charge in [0.1, 0.15) is 0 Å². The van der Waals surface area contributed by atoms with E-state index in [0.717, 1.165) is 11.3 Å². The van der Waals surface area contributed by atoms with Crippen molar-refractivity contribution in [3.8, 4) is 11.5 Å². The van der Waals surface area contributed by atoms with Gasteiger partial charge in [0, 0.05) is 46.7 Å². The number of pyridine rings is 1. The Hall–Kier alpha value is -2.99. The summed E-state index contributed by atoms with van der Waals surface area (Å²) in [4.78, 5) is 28.5. The standard InChI is InChI=1S/C21H22ClN3O3/c1-4-23-17-10-14(22)9-15(13(17)3)21(27)24-11-16-18(26)8-12(2)25-20(16)19-6-5-7-28-19/h5-10,23H,4,11H2,1-3H3,(H,24,27)(H,25,26). The maximum atomic E-state index is 12.8. The SMILES string of the molecule is CCNc1cc(Cl)cc(C(=O)NCc2c(-c3ccco3)[nH]c(C)cc2=O)c1C. The molecule has 0 saturated heterocycles. The van der Waals surface area contributed by atoms with Crippen molar-refractivity contribution in [3.63, 3.8) is 0 Å². The van der Waals surface area contributed by atoms with Gasteiger partial charge in [-0.1, -0.05) is 11.6 Å². The molecule has 0 saturated carbocycles. The first kappa shape index (κ1) is 19.8. The Morgan fingerprint density at radius 2 is 2.04 bits per heavy atom. The van der Waals surface area contributed by atoms with Crippen molar-refractivity contribution >= 4 is 23.2 Å². The average molecular weight is 400 g/mol. The third-order valence-electron chi connectivity index (χ3n) is 4.45. The molecule has 0 aliphatic carbocycles. The van der Waals surface area contributed by atoms with Crippen molar-refractivity contribution in [2.75, 3.05) is 11.9 Å². The number of H-pyrrole nitrogens is 1. The number of furan rings is 1. The van der Waals surface area contributed by atoms with E-state index in [-0.39, 0.29) is 17.9 Å². The molecule has 2 heterocycles. The minimum Gasteiger partial charge on any atom is -0.463 e. The van der Waals surface area contributed by atoms with Gasteiger partial charge in [-0.2, -0.15) is 0 Å². The van der Waals surface area contributed by atoms with Gasteiger partial charge < -0.3 is 20.0 Å². The number of hydrogen-bond donors (Lipinski definition) is 3. The van der Waals surface area contributed by atoms with Gasteiger partial charge in [-0.15, -0.1) is 0 Å². The number of carbonyl (C=O) groups is 1. The van der Waals surface area contributed by atoms with Crippen LogP contribution in [-0.2, 0) is 6.54 Å².